The molecule has 2 atom stereocenters. The van der Waals surface area contributed by atoms with Crippen molar-refractivity contribution in [3.05, 3.63) is 0 Å². The van der Waals surface area contributed by atoms with E-state index in [-0.39, 0.29) is 24.7 Å². The van der Waals surface area contributed by atoms with E-state index >= 15 is 0 Å². The van der Waals surface area contributed by atoms with E-state index in [0.29, 0.717) is 5.92 Å². The summed E-state index contributed by atoms with van der Waals surface area (Å²) in [7, 11) is 0. The van der Waals surface area contributed by atoms with Crippen molar-refractivity contribution in [3.8, 4) is 0 Å². The van der Waals surface area contributed by atoms with Crippen LogP contribution in [0.5, 0.6) is 0 Å². The number of amides is 2. The van der Waals surface area contributed by atoms with Crippen LogP contribution in [0, 0.1) is 5.92 Å². The first-order valence-corrected chi connectivity index (χ1v) is 7.23. The van der Waals surface area contributed by atoms with Gasteiger partial charge in [0.05, 0.1) is 0 Å². The van der Waals surface area contributed by atoms with Gasteiger partial charge in [-0.3, -0.25) is 4.79 Å². The van der Waals surface area contributed by atoms with Gasteiger partial charge in [0.2, 0.25) is 0 Å². The Balaban J connectivity index is 2.53. The van der Waals surface area contributed by atoms with Crippen LogP contribution in [-0.4, -0.2) is 40.6 Å². The van der Waals surface area contributed by atoms with Crippen LogP contribution in [0.3, 0.4) is 0 Å². The largest absolute Gasteiger partial charge is 0.480 e. The van der Waals surface area contributed by atoms with Gasteiger partial charge in [0.25, 0.3) is 0 Å². The number of carbonyl (C=O) groups excluding carboxylic acids is 1. The Morgan fingerprint density at radius 1 is 1.37 bits per heavy atom. The summed E-state index contributed by atoms with van der Waals surface area (Å²) in [5.74, 6) is -0.287. The van der Waals surface area contributed by atoms with Gasteiger partial charge < -0.3 is 15.3 Å². The summed E-state index contributed by atoms with van der Waals surface area (Å²) in [4.78, 5) is 24.3. The molecular formula is C14H26N2O3. The first kappa shape index (κ1) is 15.8. The molecule has 0 saturated heterocycles. The molecule has 0 aromatic carbocycles. The van der Waals surface area contributed by atoms with Gasteiger partial charge in [-0.25, -0.2) is 4.79 Å². The van der Waals surface area contributed by atoms with Gasteiger partial charge in [-0.2, -0.15) is 0 Å². The van der Waals surface area contributed by atoms with E-state index < -0.39 is 5.97 Å². The standard InChI is InChI=1S/C14H26N2O3/c1-4-11-6-5-7-12(8-11)15-14(19)16(10(2)3)9-13(17)18/h10-12H,4-9H2,1-3H3,(H,15,19)(H,17,18). The lowest BCUT2D eigenvalue weighted by molar-refractivity contribution is -0.138. The van der Waals surface area contributed by atoms with Gasteiger partial charge in [0.1, 0.15) is 6.54 Å². The van der Waals surface area contributed by atoms with E-state index in [9.17, 15) is 9.59 Å². The van der Waals surface area contributed by atoms with E-state index in [0.717, 1.165) is 25.7 Å². The highest BCUT2D eigenvalue weighted by molar-refractivity contribution is 5.80. The number of rotatable bonds is 5. The number of carboxylic acids is 1. The fraction of sp³-hybridized carbons (Fsp3) is 0.857. The maximum atomic E-state index is 12.1. The predicted molar refractivity (Wildman–Crippen MR) is 74.0 cm³/mol. The second-order valence-electron chi connectivity index (χ2n) is 5.70. The zero-order valence-electron chi connectivity index (χ0n) is 12.2. The smallest absolute Gasteiger partial charge is 0.323 e. The summed E-state index contributed by atoms with van der Waals surface area (Å²) < 4.78 is 0. The highest BCUT2D eigenvalue weighted by atomic mass is 16.4. The molecule has 0 aromatic heterocycles. The molecule has 2 unspecified atom stereocenters. The van der Waals surface area contributed by atoms with Crippen molar-refractivity contribution >= 4 is 12.0 Å². The Morgan fingerprint density at radius 3 is 2.58 bits per heavy atom. The number of urea groups is 1. The third kappa shape index (κ3) is 5.09. The number of hydrogen-bond acceptors (Lipinski definition) is 2. The molecule has 0 spiro atoms. The average Bonchev–Trinajstić information content (AvgIpc) is 2.35. The molecule has 0 heterocycles. The summed E-state index contributed by atoms with van der Waals surface area (Å²) in [5.41, 5.74) is 0. The van der Waals surface area contributed by atoms with Crippen molar-refractivity contribution in [2.45, 2.75) is 65.0 Å². The van der Waals surface area contributed by atoms with E-state index in [4.69, 9.17) is 5.11 Å². The van der Waals surface area contributed by atoms with Crippen LogP contribution in [0.4, 0.5) is 4.79 Å². The Labute approximate surface area is 115 Å². The van der Waals surface area contributed by atoms with Crippen molar-refractivity contribution in [2.75, 3.05) is 6.54 Å². The summed E-state index contributed by atoms with van der Waals surface area (Å²) >= 11 is 0. The molecule has 5 heteroatoms. The molecule has 1 aliphatic rings. The number of nitrogens with one attached hydrogen (secondary N) is 1. The maximum Gasteiger partial charge on any atom is 0.323 e. The van der Waals surface area contributed by atoms with Gasteiger partial charge >= 0.3 is 12.0 Å². The molecule has 0 aromatic rings. The van der Waals surface area contributed by atoms with Crippen LogP contribution in [-0.2, 0) is 4.79 Å². The van der Waals surface area contributed by atoms with Crippen LogP contribution in [0.2, 0.25) is 0 Å². The molecule has 0 radical (unpaired) electrons. The Hall–Kier alpha value is -1.26. The fourth-order valence-electron chi connectivity index (χ4n) is 2.69. The minimum atomic E-state index is -0.973. The van der Waals surface area contributed by atoms with E-state index in [1.54, 1.807) is 0 Å². The van der Waals surface area contributed by atoms with Crippen LogP contribution in [0.25, 0.3) is 0 Å². The van der Waals surface area contributed by atoms with E-state index in [2.05, 4.69) is 12.2 Å². The third-order valence-electron chi connectivity index (χ3n) is 3.88. The quantitative estimate of drug-likeness (QED) is 0.806. The maximum absolute atomic E-state index is 12.1. The van der Waals surface area contributed by atoms with Crippen molar-refractivity contribution in [2.24, 2.45) is 5.92 Å². The molecule has 2 N–H and O–H groups in total. The number of carbonyl (C=O) groups is 2. The summed E-state index contributed by atoms with van der Waals surface area (Å²) in [6.45, 7) is 5.60. The van der Waals surface area contributed by atoms with Crippen molar-refractivity contribution < 1.29 is 14.7 Å². The number of hydrogen-bond donors (Lipinski definition) is 2. The number of aliphatic carboxylic acids is 1. The zero-order chi connectivity index (χ0) is 14.4. The lowest BCUT2D eigenvalue weighted by Gasteiger charge is -2.32. The van der Waals surface area contributed by atoms with Crippen molar-refractivity contribution in [1.29, 1.82) is 0 Å². The molecule has 1 saturated carbocycles. The molecule has 19 heavy (non-hydrogen) atoms. The van der Waals surface area contributed by atoms with Crippen LogP contribution in [0.1, 0.15) is 52.9 Å². The van der Waals surface area contributed by atoms with Crippen LogP contribution >= 0.6 is 0 Å². The van der Waals surface area contributed by atoms with Crippen LogP contribution in [0.15, 0.2) is 0 Å². The summed E-state index contributed by atoms with van der Waals surface area (Å²) in [6.07, 6.45) is 5.55. The minimum absolute atomic E-state index is 0.110. The summed E-state index contributed by atoms with van der Waals surface area (Å²) in [5, 5.41) is 11.8. The fourth-order valence-corrected chi connectivity index (χ4v) is 2.69. The second-order valence-corrected chi connectivity index (χ2v) is 5.70. The molecular weight excluding hydrogens is 244 g/mol. The normalized spacial score (nSPS) is 23.2. The predicted octanol–water partition coefficient (Wildman–Crippen LogP) is 2.46. The van der Waals surface area contributed by atoms with Gasteiger partial charge in [0.15, 0.2) is 0 Å². The van der Waals surface area contributed by atoms with Gasteiger partial charge in [0, 0.05) is 12.1 Å². The van der Waals surface area contributed by atoms with Gasteiger partial charge in [-0.05, 0) is 32.6 Å². The average molecular weight is 270 g/mol. The van der Waals surface area contributed by atoms with Gasteiger partial charge in [-0.1, -0.05) is 26.2 Å². The first-order valence-electron chi connectivity index (χ1n) is 7.23. The Kier molecular flexibility index (Phi) is 6.12. The third-order valence-corrected chi connectivity index (χ3v) is 3.88. The monoisotopic (exact) mass is 270 g/mol. The molecule has 2 amide bonds. The number of nitrogens with zero attached hydrogens (tertiary/aromatic N) is 1. The minimum Gasteiger partial charge on any atom is -0.480 e. The molecule has 1 aliphatic carbocycles. The molecule has 1 fully saturated rings. The molecule has 1 rings (SSSR count). The summed E-state index contributed by atoms with van der Waals surface area (Å²) in [6, 6.07) is -0.165. The topological polar surface area (TPSA) is 69.6 Å². The first-order chi connectivity index (χ1) is 8.93. The van der Waals surface area contributed by atoms with Crippen LogP contribution < -0.4 is 5.32 Å². The van der Waals surface area contributed by atoms with Crippen molar-refractivity contribution in [3.63, 3.8) is 0 Å². The van der Waals surface area contributed by atoms with Crippen molar-refractivity contribution in [1.82, 2.24) is 10.2 Å². The molecule has 0 bridgehead atoms. The highest BCUT2D eigenvalue weighted by Crippen LogP contribution is 2.26. The lowest BCUT2D eigenvalue weighted by atomic mass is 9.84. The molecule has 0 aliphatic heterocycles. The molecule has 5 nitrogen and oxygen atoms in total. The SMILES string of the molecule is CCC1CCCC(NC(=O)N(CC(=O)O)C(C)C)C1. The van der Waals surface area contributed by atoms with E-state index in [1.807, 2.05) is 13.8 Å². The van der Waals surface area contributed by atoms with E-state index in [1.165, 1.54) is 11.3 Å². The Bertz CT molecular complexity index is 318. The zero-order valence-corrected chi connectivity index (χ0v) is 12.2. The van der Waals surface area contributed by atoms with Gasteiger partial charge in [-0.15, -0.1) is 0 Å². The second kappa shape index (κ2) is 7.36. The number of carboxylic acid groups (broad SMARTS) is 1. The highest BCUT2D eigenvalue weighted by Gasteiger charge is 2.26. The molecule has 110 valence electrons. The Morgan fingerprint density at radius 2 is 2.05 bits per heavy atom. The lowest BCUT2D eigenvalue weighted by Crippen LogP contribution is -2.50.